The summed E-state index contributed by atoms with van der Waals surface area (Å²) in [6.45, 7) is 4.66. The van der Waals surface area contributed by atoms with E-state index >= 15 is 0 Å². The van der Waals surface area contributed by atoms with Crippen LogP contribution < -0.4 is 10.3 Å². The molecule has 1 fully saturated rings. The van der Waals surface area contributed by atoms with E-state index in [0.29, 0.717) is 12.5 Å². The van der Waals surface area contributed by atoms with Crippen LogP contribution >= 0.6 is 0 Å². The zero-order chi connectivity index (χ0) is 21.2. The number of nitrogen functional groups attached to an aromatic ring is 1. The van der Waals surface area contributed by atoms with Crippen LogP contribution in [0, 0.1) is 0 Å². The van der Waals surface area contributed by atoms with Gasteiger partial charge in [-0.15, -0.1) is 0 Å². The Balaban J connectivity index is 1.46. The van der Waals surface area contributed by atoms with Gasteiger partial charge < -0.3 is 10.0 Å². The van der Waals surface area contributed by atoms with Crippen molar-refractivity contribution in [1.82, 2.24) is 9.47 Å². The average molecular weight is 416 g/mol. The van der Waals surface area contributed by atoms with Gasteiger partial charge in [-0.2, -0.15) is 0 Å². The smallest absolute Gasteiger partial charge is 0.356 e. The minimum absolute atomic E-state index is 0.428. The van der Waals surface area contributed by atoms with E-state index in [1.165, 1.54) is 32.4 Å². The summed E-state index contributed by atoms with van der Waals surface area (Å²) in [7, 11) is 0. The van der Waals surface area contributed by atoms with Crippen LogP contribution in [-0.4, -0.2) is 34.2 Å². The SMILES string of the molecule is Nc1n(CCN2CCCCC2)c2ccccc2[n+]1C[C@@H](O)c1cccc2ccccc12. The number of aliphatic hydroxyl groups excluding tert-OH is 1. The molecule has 0 aliphatic carbocycles. The van der Waals surface area contributed by atoms with E-state index in [0.717, 1.165) is 40.5 Å². The van der Waals surface area contributed by atoms with Crippen molar-refractivity contribution in [2.75, 3.05) is 25.4 Å². The highest BCUT2D eigenvalue weighted by molar-refractivity contribution is 5.86. The second-order valence-electron chi connectivity index (χ2n) is 8.60. The lowest BCUT2D eigenvalue weighted by molar-refractivity contribution is -0.666. The van der Waals surface area contributed by atoms with Crippen molar-refractivity contribution in [3.8, 4) is 0 Å². The number of fused-ring (bicyclic) bond motifs is 2. The Hall–Kier alpha value is -2.89. The fourth-order valence-electron chi connectivity index (χ4n) is 4.98. The molecule has 0 bridgehead atoms. The van der Waals surface area contributed by atoms with Crippen LogP contribution in [0.4, 0.5) is 5.95 Å². The summed E-state index contributed by atoms with van der Waals surface area (Å²) < 4.78 is 4.28. The first-order valence-electron chi connectivity index (χ1n) is 11.4. The summed E-state index contributed by atoms with van der Waals surface area (Å²) in [6, 6.07) is 22.6. The van der Waals surface area contributed by atoms with Gasteiger partial charge in [-0.3, -0.25) is 5.73 Å². The highest BCUT2D eigenvalue weighted by Gasteiger charge is 2.24. The van der Waals surface area contributed by atoms with Crippen molar-refractivity contribution in [2.45, 2.75) is 38.5 Å². The number of benzene rings is 3. The van der Waals surface area contributed by atoms with E-state index in [9.17, 15) is 5.11 Å². The zero-order valence-electron chi connectivity index (χ0n) is 18.0. The molecule has 1 aliphatic heterocycles. The van der Waals surface area contributed by atoms with Crippen molar-refractivity contribution < 1.29 is 9.67 Å². The van der Waals surface area contributed by atoms with Crippen LogP contribution in [0.2, 0.25) is 0 Å². The molecule has 1 aliphatic rings. The molecule has 160 valence electrons. The Morgan fingerprint density at radius 2 is 1.61 bits per heavy atom. The third-order valence-electron chi connectivity index (χ3n) is 6.64. The number of likely N-dealkylation sites (tertiary alicyclic amines) is 1. The summed E-state index contributed by atoms with van der Waals surface area (Å²) in [5.74, 6) is 0.706. The van der Waals surface area contributed by atoms with Gasteiger partial charge in [-0.1, -0.05) is 61.0 Å². The minimum Gasteiger partial charge on any atom is -0.385 e. The summed E-state index contributed by atoms with van der Waals surface area (Å²) in [5.41, 5.74) is 9.80. The van der Waals surface area contributed by atoms with Crippen LogP contribution in [0.3, 0.4) is 0 Å². The van der Waals surface area contributed by atoms with Crippen molar-refractivity contribution in [1.29, 1.82) is 0 Å². The Bertz CT molecular complexity index is 1190. The predicted octanol–water partition coefficient (Wildman–Crippen LogP) is 3.88. The van der Waals surface area contributed by atoms with Gasteiger partial charge in [0, 0.05) is 6.54 Å². The molecule has 0 radical (unpaired) electrons. The molecule has 1 atom stereocenters. The molecule has 1 saturated heterocycles. The summed E-state index contributed by atoms with van der Waals surface area (Å²) in [5, 5.41) is 13.4. The number of aromatic nitrogens is 2. The van der Waals surface area contributed by atoms with Gasteiger partial charge >= 0.3 is 5.95 Å². The number of hydrogen-bond acceptors (Lipinski definition) is 3. The van der Waals surface area contributed by atoms with Crippen molar-refractivity contribution >= 4 is 27.8 Å². The van der Waals surface area contributed by atoms with Crippen LogP contribution in [0.5, 0.6) is 0 Å². The molecule has 1 aromatic heterocycles. The largest absolute Gasteiger partial charge is 0.385 e. The molecule has 2 heterocycles. The second-order valence-corrected chi connectivity index (χ2v) is 8.60. The maximum Gasteiger partial charge on any atom is 0.356 e. The second kappa shape index (κ2) is 8.69. The summed E-state index contributed by atoms with van der Waals surface area (Å²) in [6.07, 6.45) is 3.29. The maximum absolute atomic E-state index is 11.2. The number of hydrogen-bond donors (Lipinski definition) is 2. The maximum atomic E-state index is 11.2. The number of anilines is 1. The Morgan fingerprint density at radius 3 is 2.48 bits per heavy atom. The number of para-hydroxylation sites is 2. The lowest BCUT2D eigenvalue weighted by Gasteiger charge is -2.25. The quantitative estimate of drug-likeness (QED) is 0.470. The van der Waals surface area contributed by atoms with E-state index in [2.05, 4.69) is 50.4 Å². The van der Waals surface area contributed by atoms with Gasteiger partial charge in [0.1, 0.15) is 23.7 Å². The van der Waals surface area contributed by atoms with Gasteiger partial charge in [0.15, 0.2) is 0 Å². The minimum atomic E-state index is -0.639. The van der Waals surface area contributed by atoms with Crippen molar-refractivity contribution in [3.63, 3.8) is 0 Å². The third kappa shape index (κ3) is 3.91. The molecule has 0 saturated carbocycles. The van der Waals surface area contributed by atoms with Gasteiger partial charge in [0.25, 0.3) is 0 Å². The first-order chi connectivity index (χ1) is 15.2. The van der Waals surface area contributed by atoms with Crippen LogP contribution in [0.15, 0.2) is 66.7 Å². The van der Waals surface area contributed by atoms with E-state index < -0.39 is 6.10 Å². The highest BCUT2D eigenvalue weighted by atomic mass is 16.3. The number of piperidine rings is 1. The first-order valence-corrected chi connectivity index (χ1v) is 11.4. The van der Waals surface area contributed by atoms with Gasteiger partial charge in [0.2, 0.25) is 0 Å². The van der Waals surface area contributed by atoms with Gasteiger partial charge in [-0.25, -0.2) is 9.13 Å². The number of imidazole rings is 1. The van der Waals surface area contributed by atoms with Crippen LogP contribution in [0.25, 0.3) is 21.8 Å². The van der Waals surface area contributed by atoms with E-state index in [1.54, 1.807) is 0 Å². The van der Waals surface area contributed by atoms with E-state index in [1.807, 2.05) is 30.3 Å². The molecule has 3 aromatic carbocycles. The molecule has 4 aromatic rings. The molecular weight excluding hydrogens is 384 g/mol. The number of aliphatic hydroxyl groups is 1. The van der Waals surface area contributed by atoms with Gasteiger partial charge in [-0.05, 0) is 54.4 Å². The normalized spacial score (nSPS) is 16.2. The summed E-state index contributed by atoms with van der Waals surface area (Å²) >= 11 is 0. The fourth-order valence-corrected chi connectivity index (χ4v) is 4.98. The van der Waals surface area contributed by atoms with Crippen LogP contribution in [-0.2, 0) is 13.1 Å². The Labute approximate surface area is 183 Å². The molecule has 0 amide bonds. The molecule has 0 spiro atoms. The number of nitrogens with two attached hydrogens (primary N) is 1. The van der Waals surface area contributed by atoms with Crippen LogP contribution in [0.1, 0.15) is 30.9 Å². The average Bonchev–Trinajstić information content (AvgIpc) is 3.08. The molecular formula is C26H31N4O+. The lowest BCUT2D eigenvalue weighted by atomic mass is 10.0. The first kappa shape index (κ1) is 20.0. The fraction of sp³-hybridized carbons (Fsp3) is 0.346. The summed E-state index contributed by atoms with van der Waals surface area (Å²) in [4.78, 5) is 2.53. The third-order valence-corrected chi connectivity index (χ3v) is 6.64. The number of nitrogens with zero attached hydrogens (tertiary/aromatic N) is 3. The Kier molecular flexibility index (Phi) is 5.62. The molecule has 0 unspecified atom stereocenters. The van der Waals surface area contributed by atoms with Gasteiger partial charge in [0.05, 0.1) is 6.54 Å². The molecule has 5 rings (SSSR count). The highest BCUT2D eigenvalue weighted by Crippen LogP contribution is 2.26. The monoisotopic (exact) mass is 415 g/mol. The lowest BCUT2D eigenvalue weighted by Crippen LogP contribution is -2.40. The Morgan fingerprint density at radius 1 is 0.871 bits per heavy atom. The standard InChI is InChI=1S/C26H30N4O/c27-26-29(18-17-28-15-6-1-7-16-28)23-13-4-5-14-24(23)30(26)19-25(31)22-12-8-10-20-9-2-3-11-21(20)22/h2-5,8-14,25,27,31H,1,6-7,15-19H2/p+1/t25-/m1/s1. The molecule has 5 heteroatoms. The predicted molar refractivity (Wildman–Crippen MR) is 126 cm³/mol. The zero-order valence-corrected chi connectivity index (χ0v) is 18.0. The van der Waals surface area contributed by atoms with Crippen molar-refractivity contribution in [3.05, 3.63) is 72.3 Å². The topological polar surface area (TPSA) is 58.3 Å². The van der Waals surface area contributed by atoms with E-state index in [4.69, 9.17) is 5.73 Å². The molecule has 3 N–H and O–H groups in total. The number of rotatable bonds is 6. The molecule has 5 nitrogen and oxygen atoms in total. The molecule has 31 heavy (non-hydrogen) atoms. The van der Waals surface area contributed by atoms with Crippen molar-refractivity contribution in [2.24, 2.45) is 0 Å². The van der Waals surface area contributed by atoms with E-state index in [-0.39, 0.29) is 0 Å².